The molecule has 0 aliphatic carbocycles. The summed E-state index contributed by atoms with van der Waals surface area (Å²) >= 11 is 0. The fourth-order valence-corrected chi connectivity index (χ4v) is 2.03. The number of nitrogens with two attached hydrogens (primary N) is 1. The highest BCUT2D eigenvalue weighted by Crippen LogP contribution is 2.31. The van der Waals surface area contributed by atoms with E-state index in [4.69, 9.17) is 15.2 Å². The molecule has 112 valence electrons. The molecule has 2 N–H and O–H groups in total. The first-order valence-corrected chi connectivity index (χ1v) is 6.09. The van der Waals surface area contributed by atoms with E-state index < -0.39 is 29.1 Å². The summed E-state index contributed by atoms with van der Waals surface area (Å²) in [6, 6.07) is 4.75. The predicted octanol–water partition coefficient (Wildman–Crippen LogP) is 3.17. The summed E-state index contributed by atoms with van der Waals surface area (Å²) in [5.74, 6) is -2.21. The number of ether oxygens (including phenoxy) is 2. The van der Waals surface area contributed by atoms with Gasteiger partial charge in [0.15, 0.2) is 0 Å². The standard InChI is InChI=1S/C15H14F3NO2/c1-20-10-3-8(4-11(7-10)21-2)15(19)14-12(17)5-9(16)6-13(14)18/h3-7,15H,19H2,1-2H3. The van der Waals surface area contributed by atoms with Gasteiger partial charge in [-0.05, 0) is 17.7 Å². The molecule has 0 aliphatic heterocycles. The molecule has 0 radical (unpaired) electrons. The molecule has 0 fully saturated rings. The Morgan fingerprint density at radius 3 is 1.76 bits per heavy atom. The number of methoxy groups -OCH3 is 2. The molecule has 6 heteroatoms. The molecule has 0 saturated carbocycles. The molecular weight excluding hydrogens is 283 g/mol. The molecule has 21 heavy (non-hydrogen) atoms. The summed E-state index contributed by atoms with van der Waals surface area (Å²) in [6.07, 6.45) is 0. The lowest BCUT2D eigenvalue weighted by Crippen LogP contribution is -2.16. The number of benzene rings is 2. The molecule has 3 nitrogen and oxygen atoms in total. The van der Waals surface area contributed by atoms with E-state index in [2.05, 4.69) is 0 Å². The normalized spacial score (nSPS) is 12.1. The van der Waals surface area contributed by atoms with Crippen LogP contribution in [0.5, 0.6) is 11.5 Å². The molecule has 0 aromatic heterocycles. The predicted molar refractivity (Wildman–Crippen MR) is 71.9 cm³/mol. The van der Waals surface area contributed by atoms with Crippen molar-refractivity contribution >= 4 is 0 Å². The van der Waals surface area contributed by atoms with Crippen LogP contribution < -0.4 is 15.2 Å². The molecule has 2 rings (SSSR count). The van der Waals surface area contributed by atoms with Crippen LogP contribution in [0.3, 0.4) is 0 Å². The van der Waals surface area contributed by atoms with Crippen LogP contribution in [0.15, 0.2) is 30.3 Å². The third kappa shape index (κ3) is 3.11. The van der Waals surface area contributed by atoms with Gasteiger partial charge in [0, 0.05) is 23.8 Å². The second-order valence-corrected chi connectivity index (χ2v) is 4.41. The maximum atomic E-state index is 13.8. The van der Waals surface area contributed by atoms with E-state index in [9.17, 15) is 13.2 Å². The van der Waals surface area contributed by atoms with Crippen LogP contribution in [0.1, 0.15) is 17.2 Å². The highest BCUT2D eigenvalue weighted by atomic mass is 19.1. The van der Waals surface area contributed by atoms with E-state index >= 15 is 0 Å². The minimum atomic E-state index is -1.12. The molecule has 0 aliphatic rings. The van der Waals surface area contributed by atoms with Gasteiger partial charge in [-0.2, -0.15) is 0 Å². The minimum Gasteiger partial charge on any atom is -0.497 e. The number of rotatable bonds is 4. The zero-order valence-electron chi connectivity index (χ0n) is 11.5. The van der Waals surface area contributed by atoms with Gasteiger partial charge in [0.2, 0.25) is 0 Å². The first-order chi connectivity index (χ1) is 9.96. The highest BCUT2D eigenvalue weighted by molar-refractivity contribution is 5.43. The lowest BCUT2D eigenvalue weighted by atomic mass is 9.98. The Balaban J connectivity index is 2.52. The monoisotopic (exact) mass is 297 g/mol. The Morgan fingerprint density at radius 2 is 1.33 bits per heavy atom. The molecule has 0 amide bonds. The van der Waals surface area contributed by atoms with E-state index in [0.29, 0.717) is 29.2 Å². The molecule has 2 aromatic rings. The lowest BCUT2D eigenvalue weighted by Gasteiger charge is -2.16. The third-order valence-electron chi connectivity index (χ3n) is 3.09. The van der Waals surface area contributed by atoms with Crippen LogP contribution in [0.25, 0.3) is 0 Å². The van der Waals surface area contributed by atoms with E-state index in [1.54, 1.807) is 6.07 Å². The van der Waals surface area contributed by atoms with Gasteiger partial charge >= 0.3 is 0 Å². The van der Waals surface area contributed by atoms with Crippen molar-refractivity contribution in [2.45, 2.75) is 6.04 Å². The first kappa shape index (κ1) is 15.2. The molecule has 0 saturated heterocycles. The molecule has 2 aromatic carbocycles. The van der Waals surface area contributed by atoms with Gasteiger partial charge in [-0.15, -0.1) is 0 Å². The van der Waals surface area contributed by atoms with Crippen molar-refractivity contribution in [1.82, 2.24) is 0 Å². The second kappa shape index (κ2) is 6.05. The Bertz CT molecular complexity index is 616. The van der Waals surface area contributed by atoms with E-state index in [1.807, 2.05) is 0 Å². The topological polar surface area (TPSA) is 44.5 Å². The van der Waals surface area contributed by atoms with Crippen LogP contribution in [-0.2, 0) is 0 Å². The molecular formula is C15H14F3NO2. The summed E-state index contributed by atoms with van der Waals surface area (Å²) in [6.45, 7) is 0. The Kier molecular flexibility index (Phi) is 4.37. The van der Waals surface area contributed by atoms with Crippen molar-refractivity contribution in [2.75, 3.05) is 14.2 Å². The summed E-state index contributed by atoms with van der Waals surface area (Å²) in [5.41, 5.74) is 5.88. The zero-order valence-corrected chi connectivity index (χ0v) is 11.5. The summed E-state index contributed by atoms with van der Waals surface area (Å²) in [5, 5.41) is 0. The minimum absolute atomic E-state index is 0.385. The largest absolute Gasteiger partial charge is 0.497 e. The molecule has 1 unspecified atom stereocenters. The average molecular weight is 297 g/mol. The Labute approximate surface area is 120 Å². The number of hydrogen-bond donors (Lipinski definition) is 1. The fourth-order valence-electron chi connectivity index (χ4n) is 2.03. The van der Waals surface area contributed by atoms with Gasteiger partial charge in [-0.25, -0.2) is 13.2 Å². The van der Waals surface area contributed by atoms with E-state index in [1.165, 1.54) is 26.4 Å². The second-order valence-electron chi connectivity index (χ2n) is 4.41. The third-order valence-corrected chi connectivity index (χ3v) is 3.09. The number of hydrogen-bond acceptors (Lipinski definition) is 3. The molecule has 0 heterocycles. The van der Waals surface area contributed by atoms with Crippen LogP contribution in [0.2, 0.25) is 0 Å². The van der Waals surface area contributed by atoms with Crippen LogP contribution in [0.4, 0.5) is 13.2 Å². The SMILES string of the molecule is COc1cc(OC)cc(C(N)c2c(F)cc(F)cc2F)c1. The highest BCUT2D eigenvalue weighted by Gasteiger charge is 2.21. The number of halogens is 3. The lowest BCUT2D eigenvalue weighted by molar-refractivity contribution is 0.392. The van der Waals surface area contributed by atoms with Gasteiger partial charge in [0.25, 0.3) is 0 Å². The van der Waals surface area contributed by atoms with Crippen molar-refractivity contribution in [3.63, 3.8) is 0 Å². The van der Waals surface area contributed by atoms with Crippen molar-refractivity contribution < 1.29 is 22.6 Å². The Hall–Kier alpha value is -2.21. The summed E-state index contributed by atoms with van der Waals surface area (Å²) in [4.78, 5) is 0. The maximum Gasteiger partial charge on any atom is 0.134 e. The fraction of sp³-hybridized carbons (Fsp3) is 0.200. The van der Waals surface area contributed by atoms with Crippen LogP contribution >= 0.6 is 0 Å². The maximum absolute atomic E-state index is 13.8. The zero-order chi connectivity index (χ0) is 15.6. The van der Waals surface area contributed by atoms with Crippen LogP contribution in [-0.4, -0.2) is 14.2 Å². The van der Waals surface area contributed by atoms with Crippen molar-refractivity contribution in [3.05, 3.63) is 58.9 Å². The quantitative estimate of drug-likeness (QED) is 0.942. The molecule has 1 atom stereocenters. The van der Waals surface area contributed by atoms with Crippen molar-refractivity contribution in [1.29, 1.82) is 0 Å². The van der Waals surface area contributed by atoms with Gasteiger partial charge in [-0.1, -0.05) is 0 Å². The smallest absolute Gasteiger partial charge is 0.134 e. The Morgan fingerprint density at radius 1 is 0.857 bits per heavy atom. The summed E-state index contributed by atoms with van der Waals surface area (Å²) in [7, 11) is 2.90. The van der Waals surface area contributed by atoms with Crippen molar-refractivity contribution in [3.8, 4) is 11.5 Å². The van der Waals surface area contributed by atoms with Crippen LogP contribution in [0, 0.1) is 17.5 Å². The van der Waals surface area contributed by atoms with E-state index in [0.717, 1.165) is 0 Å². The van der Waals surface area contributed by atoms with Gasteiger partial charge < -0.3 is 15.2 Å². The van der Waals surface area contributed by atoms with E-state index in [-0.39, 0.29) is 0 Å². The average Bonchev–Trinajstić information content (AvgIpc) is 2.45. The van der Waals surface area contributed by atoms with Gasteiger partial charge in [0.1, 0.15) is 29.0 Å². The molecule has 0 spiro atoms. The summed E-state index contributed by atoms with van der Waals surface area (Å²) < 4.78 is 50.7. The first-order valence-electron chi connectivity index (χ1n) is 6.09. The van der Waals surface area contributed by atoms with Gasteiger partial charge in [-0.3, -0.25) is 0 Å². The van der Waals surface area contributed by atoms with Crippen molar-refractivity contribution in [2.24, 2.45) is 5.73 Å². The van der Waals surface area contributed by atoms with Gasteiger partial charge in [0.05, 0.1) is 20.3 Å². The molecule has 0 bridgehead atoms.